The van der Waals surface area contributed by atoms with Crippen LogP contribution in [0, 0.1) is 0 Å². The normalized spacial score (nSPS) is 12.0. The summed E-state index contributed by atoms with van der Waals surface area (Å²) in [6.07, 6.45) is 7.31. The van der Waals surface area contributed by atoms with E-state index in [4.69, 9.17) is 0 Å². The summed E-state index contributed by atoms with van der Waals surface area (Å²) in [5.74, 6) is 0. The first-order chi connectivity index (χ1) is 9.45. The lowest BCUT2D eigenvalue weighted by Crippen LogP contribution is -2.30. The van der Waals surface area contributed by atoms with Crippen LogP contribution in [-0.2, 0) is 16.4 Å². The second-order valence-corrected chi connectivity index (χ2v) is 7.30. The van der Waals surface area contributed by atoms with Gasteiger partial charge in [0.1, 0.15) is 0 Å². The number of aryl methyl sites for hydroxylation is 1. The topological polar surface area (TPSA) is 46.2 Å². The molecule has 0 radical (unpaired) electrons. The van der Waals surface area contributed by atoms with Crippen LogP contribution in [-0.4, -0.2) is 14.5 Å². The summed E-state index contributed by atoms with van der Waals surface area (Å²) < 4.78 is 26.5. The summed E-state index contributed by atoms with van der Waals surface area (Å²) in [5, 5.41) is 0. The van der Waals surface area contributed by atoms with Crippen LogP contribution in [0.3, 0.4) is 0 Å². The van der Waals surface area contributed by atoms with Crippen LogP contribution in [0.5, 0.6) is 0 Å². The van der Waals surface area contributed by atoms with E-state index in [1.54, 1.807) is 12.1 Å². The van der Waals surface area contributed by atoms with Crippen LogP contribution >= 0.6 is 0 Å². The molecule has 0 atom stereocenters. The van der Waals surface area contributed by atoms with Gasteiger partial charge in [0.25, 0.3) is 0 Å². The molecule has 0 spiro atoms. The third-order valence-corrected chi connectivity index (χ3v) is 4.87. The summed E-state index contributed by atoms with van der Waals surface area (Å²) in [6, 6.07) is 7.17. The Labute approximate surface area is 123 Å². The summed E-state index contributed by atoms with van der Waals surface area (Å²) in [5.41, 5.74) is 1.21. The summed E-state index contributed by atoms with van der Waals surface area (Å²) in [7, 11) is -3.36. The Morgan fingerprint density at radius 2 is 1.60 bits per heavy atom. The highest BCUT2D eigenvalue weighted by Gasteiger charge is 2.14. The van der Waals surface area contributed by atoms with Gasteiger partial charge in [-0.15, -0.1) is 0 Å². The minimum absolute atomic E-state index is 0.0850. The van der Waals surface area contributed by atoms with E-state index in [-0.39, 0.29) is 6.04 Å². The molecule has 3 nitrogen and oxygen atoms in total. The minimum Gasteiger partial charge on any atom is -0.209 e. The fraction of sp³-hybridized carbons (Fsp3) is 0.625. The summed E-state index contributed by atoms with van der Waals surface area (Å²) in [6.45, 7) is 5.86. The molecule has 0 aliphatic carbocycles. The summed E-state index contributed by atoms with van der Waals surface area (Å²) >= 11 is 0. The summed E-state index contributed by atoms with van der Waals surface area (Å²) in [4.78, 5) is 0.348. The van der Waals surface area contributed by atoms with Crippen molar-refractivity contribution in [3.05, 3.63) is 29.8 Å². The molecular weight excluding hydrogens is 270 g/mol. The monoisotopic (exact) mass is 297 g/mol. The van der Waals surface area contributed by atoms with Gasteiger partial charge in [-0.05, 0) is 44.4 Å². The van der Waals surface area contributed by atoms with Crippen molar-refractivity contribution in [2.45, 2.75) is 70.2 Å². The fourth-order valence-electron chi connectivity index (χ4n) is 2.15. The highest BCUT2D eigenvalue weighted by Crippen LogP contribution is 2.14. The lowest BCUT2D eigenvalue weighted by Gasteiger charge is -2.10. The quantitative estimate of drug-likeness (QED) is 0.703. The number of sulfonamides is 1. The molecule has 0 heterocycles. The number of benzene rings is 1. The van der Waals surface area contributed by atoms with Gasteiger partial charge in [-0.2, -0.15) is 0 Å². The number of rotatable bonds is 9. The molecule has 0 aliphatic heterocycles. The van der Waals surface area contributed by atoms with E-state index in [9.17, 15) is 8.42 Å². The Hall–Kier alpha value is -0.870. The van der Waals surface area contributed by atoms with Crippen LogP contribution in [0.25, 0.3) is 0 Å². The zero-order valence-corrected chi connectivity index (χ0v) is 13.7. The van der Waals surface area contributed by atoms with E-state index in [0.29, 0.717) is 4.90 Å². The Kier molecular flexibility index (Phi) is 7.24. The molecule has 4 heteroatoms. The molecule has 0 aliphatic rings. The Morgan fingerprint density at radius 1 is 1.00 bits per heavy atom. The van der Waals surface area contributed by atoms with Crippen LogP contribution in [0.15, 0.2) is 29.2 Å². The Morgan fingerprint density at radius 3 is 2.15 bits per heavy atom. The SMILES string of the molecule is CCCCCCCc1ccc(S(=O)(=O)NC(C)C)cc1. The second-order valence-electron chi connectivity index (χ2n) is 5.58. The Balaban J connectivity index is 2.52. The van der Waals surface area contributed by atoms with Crippen LogP contribution in [0.1, 0.15) is 58.4 Å². The molecule has 0 aromatic heterocycles. The molecule has 20 heavy (non-hydrogen) atoms. The fourth-order valence-corrected chi connectivity index (χ4v) is 3.40. The molecule has 0 bridgehead atoms. The largest absolute Gasteiger partial charge is 0.240 e. The Bertz CT molecular complexity index is 478. The van der Waals surface area contributed by atoms with Gasteiger partial charge in [-0.1, -0.05) is 44.7 Å². The van der Waals surface area contributed by atoms with E-state index in [0.717, 1.165) is 6.42 Å². The van der Waals surface area contributed by atoms with Crippen LogP contribution in [0.4, 0.5) is 0 Å². The van der Waals surface area contributed by atoms with Crippen molar-refractivity contribution in [2.75, 3.05) is 0 Å². The van der Waals surface area contributed by atoms with Crippen molar-refractivity contribution in [3.63, 3.8) is 0 Å². The van der Waals surface area contributed by atoms with Crippen molar-refractivity contribution < 1.29 is 8.42 Å². The highest BCUT2D eigenvalue weighted by molar-refractivity contribution is 7.89. The van der Waals surface area contributed by atoms with Crippen molar-refractivity contribution in [1.29, 1.82) is 0 Å². The molecule has 0 unspecified atom stereocenters. The third-order valence-electron chi connectivity index (χ3n) is 3.19. The van der Waals surface area contributed by atoms with Crippen LogP contribution in [0.2, 0.25) is 0 Å². The number of hydrogen-bond donors (Lipinski definition) is 1. The van der Waals surface area contributed by atoms with E-state index in [1.807, 2.05) is 26.0 Å². The van der Waals surface area contributed by atoms with Gasteiger partial charge in [0.2, 0.25) is 10.0 Å². The molecule has 0 saturated carbocycles. The molecule has 114 valence electrons. The molecule has 1 rings (SSSR count). The predicted molar refractivity (Wildman–Crippen MR) is 84.4 cm³/mol. The van der Waals surface area contributed by atoms with E-state index < -0.39 is 10.0 Å². The van der Waals surface area contributed by atoms with Crippen molar-refractivity contribution >= 4 is 10.0 Å². The lowest BCUT2D eigenvalue weighted by atomic mass is 10.1. The zero-order valence-electron chi connectivity index (χ0n) is 12.9. The maximum absolute atomic E-state index is 12.0. The molecule has 0 fully saturated rings. The van der Waals surface area contributed by atoms with Crippen molar-refractivity contribution in [3.8, 4) is 0 Å². The zero-order chi connectivity index (χ0) is 15.0. The van der Waals surface area contributed by atoms with Gasteiger partial charge in [0.05, 0.1) is 4.90 Å². The lowest BCUT2D eigenvalue weighted by molar-refractivity contribution is 0.570. The van der Waals surface area contributed by atoms with Gasteiger partial charge in [-0.25, -0.2) is 13.1 Å². The number of unbranched alkanes of at least 4 members (excludes halogenated alkanes) is 4. The molecule has 1 aromatic carbocycles. The maximum Gasteiger partial charge on any atom is 0.240 e. The number of hydrogen-bond acceptors (Lipinski definition) is 2. The van der Waals surface area contributed by atoms with Crippen LogP contribution < -0.4 is 4.72 Å². The van der Waals surface area contributed by atoms with Gasteiger partial charge in [0.15, 0.2) is 0 Å². The van der Waals surface area contributed by atoms with E-state index in [2.05, 4.69) is 11.6 Å². The average Bonchev–Trinajstić information content (AvgIpc) is 2.37. The minimum atomic E-state index is -3.36. The number of nitrogens with one attached hydrogen (secondary N) is 1. The second kappa shape index (κ2) is 8.42. The van der Waals surface area contributed by atoms with Gasteiger partial charge in [0, 0.05) is 6.04 Å². The molecule has 0 saturated heterocycles. The van der Waals surface area contributed by atoms with Crippen molar-refractivity contribution in [2.24, 2.45) is 0 Å². The highest BCUT2D eigenvalue weighted by atomic mass is 32.2. The first-order valence-corrected chi connectivity index (χ1v) is 9.05. The average molecular weight is 297 g/mol. The first kappa shape index (κ1) is 17.2. The van der Waals surface area contributed by atoms with Gasteiger partial charge in [-0.3, -0.25) is 0 Å². The molecular formula is C16H27NO2S. The van der Waals surface area contributed by atoms with E-state index >= 15 is 0 Å². The molecule has 1 aromatic rings. The van der Waals surface area contributed by atoms with E-state index in [1.165, 1.54) is 37.7 Å². The standard InChI is InChI=1S/C16H27NO2S/c1-4-5-6-7-8-9-15-10-12-16(13-11-15)20(18,19)17-14(2)3/h10-14,17H,4-9H2,1-3H3. The molecule has 0 amide bonds. The third kappa shape index (κ3) is 6.06. The van der Waals surface area contributed by atoms with Gasteiger partial charge >= 0.3 is 0 Å². The van der Waals surface area contributed by atoms with Crippen molar-refractivity contribution in [1.82, 2.24) is 4.72 Å². The molecule has 1 N–H and O–H groups in total. The van der Waals surface area contributed by atoms with Gasteiger partial charge < -0.3 is 0 Å². The maximum atomic E-state index is 12.0. The first-order valence-electron chi connectivity index (χ1n) is 7.57. The predicted octanol–water partition coefficient (Wildman–Crippen LogP) is 3.89. The smallest absolute Gasteiger partial charge is 0.209 e.